The first-order chi connectivity index (χ1) is 12.6. The van der Waals surface area contributed by atoms with Gasteiger partial charge in [0, 0.05) is 11.8 Å². The Balaban J connectivity index is 2.28. The predicted octanol–water partition coefficient (Wildman–Crippen LogP) is 4.94. The number of halogens is 4. The van der Waals surface area contributed by atoms with Crippen molar-refractivity contribution in [3.63, 3.8) is 0 Å². The highest BCUT2D eigenvalue weighted by atomic mass is 32.2. The van der Waals surface area contributed by atoms with Crippen molar-refractivity contribution in [1.82, 2.24) is 5.16 Å². The molecule has 0 atom stereocenters. The standard InChI is InChI=1S/C18H13F4NO3S/c1-9-3-5-10(6-4-9)15-14(16(18(21)22)26-23-15)11-7-12(19)17(13(20)8-11)27(2,24)25/h3-8,18H,1-2H3. The molecule has 1 aromatic heterocycles. The molecule has 0 amide bonds. The Hall–Kier alpha value is -2.68. The van der Waals surface area contributed by atoms with E-state index in [-0.39, 0.29) is 16.8 Å². The van der Waals surface area contributed by atoms with Gasteiger partial charge in [-0.15, -0.1) is 0 Å². The average molecular weight is 399 g/mol. The third-order valence-electron chi connectivity index (χ3n) is 3.90. The fourth-order valence-electron chi connectivity index (χ4n) is 2.70. The molecule has 142 valence electrons. The van der Waals surface area contributed by atoms with Crippen molar-refractivity contribution in [3.05, 3.63) is 59.4 Å². The number of alkyl halides is 2. The van der Waals surface area contributed by atoms with Crippen molar-refractivity contribution in [1.29, 1.82) is 0 Å². The summed E-state index contributed by atoms with van der Waals surface area (Å²) in [5.74, 6) is -3.64. The second-order valence-corrected chi connectivity index (χ2v) is 7.93. The van der Waals surface area contributed by atoms with Crippen LogP contribution in [0.15, 0.2) is 45.8 Å². The van der Waals surface area contributed by atoms with Gasteiger partial charge in [0.1, 0.15) is 22.2 Å². The second kappa shape index (κ2) is 6.80. The first-order valence-electron chi connectivity index (χ1n) is 7.64. The summed E-state index contributed by atoms with van der Waals surface area (Å²) in [6.45, 7) is 1.83. The maximum absolute atomic E-state index is 14.3. The molecular weight excluding hydrogens is 386 g/mol. The van der Waals surface area contributed by atoms with Crippen LogP contribution in [0.25, 0.3) is 22.4 Å². The lowest BCUT2D eigenvalue weighted by molar-refractivity contribution is 0.113. The normalized spacial score (nSPS) is 12.0. The van der Waals surface area contributed by atoms with Gasteiger partial charge in [0.15, 0.2) is 9.84 Å². The number of nitrogens with zero attached hydrogens (tertiary/aromatic N) is 1. The average Bonchev–Trinajstić information content (AvgIpc) is 2.98. The van der Waals surface area contributed by atoms with E-state index >= 15 is 0 Å². The molecule has 0 bridgehead atoms. The number of rotatable bonds is 4. The van der Waals surface area contributed by atoms with Gasteiger partial charge in [0.2, 0.25) is 5.76 Å². The van der Waals surface area contributed by atoms with E-state index in [2.05, 4.69) is 5.16 Å². The van der Waals surface area contributed by atoms with Crippen LogP contribution < -0.4 is 0 Å². The molecule has 0 saturated carbocycles. The zero-order valence-electron chi connectivity index (χ0n) is 14.1. The van der Waals surface area contributed by atoms with Crippen LogP contribution in [0.1, 0.15) is 17.7 Å². The lowest BCUT2D eigenvalue weighted by Gasteiger charge is -2.08. The Kier molecular flexibility index (Phi) is 4.81. The predicted molar refractivity (Wildman–Crippen MR) is 90.1 cm³/mol. The molecule has 4 nitrogen and oxygen atoms in total. The molecule has 3 aromatic rings. The van der Waals surface area contributed by atoms with Gasteiger partial charge < -0.3 is 4.52 Å². The van der Waals surface area contributed by atoms with Gasteiger partial charge in [-0.05, 0) is 24.6 Å². The van der Waals surface area contributed by atoms with Crippen molar-refractivity contribution in [2.24, 2.45) is 0 Å². The van der Waals surface area contributed by atoms with Gasteiger partial charge in [0.25, 0.3) is 6.43 Å². The minimum Gasteiger partial charge on any atom is -0.354 e. The van der Waals surface area contributed by atoms with E-state index in [9.17, 15) is 26.0 Å². The zero-order valence-corrected chi connectivity index (χ0v) is 15.0. The fourth-order valence-corrected chi connectivity index (χ4v) is 3.52. The van der Waals surface area contributed by atoms with Crippen LogP contribution in [0.5, 0.6) is 0 Å². The SMILES string of the molecule is Cc1ccc(-c2noc(C(F)F)c2-c2cc(F)c(S(C)(=O)=O)c(F)c2)cc1. The number of benzene rings is 2. The van der Waals surface area contributed by atoms with Crippen molar-refractivity contribution in [3.8, 4) is 22.4 Å². The largest absolute Gasteiger partial charge is 0.354 e. The summed E-state index contributed by atoms with van der Waals surface area (Å²) in [6, 6.07) is 7.98. The fraction of sp³-hybridized carbons (Fsp3) is 0.167. The second-order valence-electron chi connectivity index (χ2n) is 5.98. The first kappa shape index (κ1) is 19.1. The van der Waals surface area contributed by atoms with Crippen molar-refractivity contribution < 1.29 is 30.5 Å². The molecule has 9 heteroatoms. The molecule has 0 fully saturated rings. The minimum absolute atomic E-state index is 0.0313. The van der Waals surface area contributed by atoms with E-state index in [0.717, 1.165) is 5.56 Å². The van der Waals surface area contributed by atoms with Crippen molar-refractivity contribution >= 4 is 9.84 Å². The summed E-state index contributed by atoms with van der Waals surface area (Å²) < 4.78 is 83.0. The molecule has 2 aromatic carbocycles. The Bertz CT molecular complexity index is 1080. The Morgan fingerprint density at radius 3 is 2.04 bits per heavy atom. The van der Waals surface area contributed by atoms with Crippen molar-refractivity contribution in [2.45, 2.75) is 18.2 Å². The van der Waals surface area contributed by atoms with E-state index in [1.807, 2.05) is 6.92 Å². The molecule has 0 aliphatic heterocycles. The lowest BCUT2D eigenvalue weighted by Crippen LogP contribution is -2.05. The maximum atomic E-state index is 14.3. The molecule has 0 radical (unpaired) electrons. The molecule has 0 aliphatic carbocycles. The highest BCUT2D eigenvalue weighted by Crippen LogP contribution is 2.40. The van der Waals surface area contributed by atoms with Gasteiger partial charge in [-0.3, -0.25) is 0 Å². The highest BCUT2D eigenvalue weighted by molar-refractivity contribution is 7.90. The van der Waals surface area contributed by atoms with Crippen molar-refractivity contribution in [2.75, 3.05) is 6.26 Å². The monoisotopic (exact) mass is 399 g/mol. The lowest BCUT2D eigenvalue weighted by atomic mass is 9.98. The first-order valence-corrected chi connectivity index (χ1v) is 9.53. The number of hydrogen-bond acceptors (Lipinski definition) is 4. The highest BCUT2D eigenvalue weighted by Gasteiger charge is 2.28. The van der Waals surface area contributed by atoms with Crippen LogP contribution in [0.3, 0.4) is 0 Å². The Labute approximate surface area is 152 Å². The molecule has 0 saturated heterocycles. The quantitative estimate of drug-likeness (QED) is 0.584. The molecule has 0 spiro atoms. The third-order valence-corrected chi connectivity index (χ3v) is 5.03. The van der Waals surface area contributed by atoms with Crippen LogP contribution in [-0.2, 0) is 9.84 Å². The third kappa shape index (κ3) is 3.59. The van der Waals surface area contributed by atoms with Gasteiger partial charge in [0.05, 0.1) is 5.56 Å². The van der Waals surface area contributed by atoms with E-state index in [1.54, 1.807) is 24.3 Å². The van der Waals surface area contributed by atoms with Crippen LogP contribution >= 0.6 is 0 Å². The molecule has 0 aliphatic rings. The summed E-state index contributed by atoms with van der Waals surface area (Å²) in [7, 11) is -4.18. The number of sulfone groups is 1. The van der Waals surface area contributed by atoms with E-state index in [0.29, 0.717) is 24.0 Å². The zero-order chi connectivity index (χ0) is 19.9. The molecular formula is C18H13F4NO3S. The smallest absolute Gasteiger partial charge is 0.298 e. The van der Waals surface area contributed by atoms with Gasteiger partial charge in [-0.2, -0.15) is 0 Å². The van der Waals surface area contributed by atoms with Crippen LogP contribution in [0.4, 0.5) is 17.6 Å². The summed E-state index contributed by atoms with van der Waals surface area (Å²) in [4.78, 5) is -1.13. The summed E-state index contributed by atoms with van der Waals surface area (Å²) >= 11 is 0. The van der Waals surface area contributed by atoms with Crippen LogP contribution in [-0.4, -0.2) is 19.8 Å². The van der Waals surface area contributed by atoms with Crippen LogP contribution in [0.2, 0.25) is 0 Å². The molecule has 3 rings (SSSR count). The number of aromatic nitrogens is 1. The van der Waals surface area contributed by atoms with Gasteiger partial charge >= 0.3 is 0 Å². The summed E-state index contributed by atoms with van der Waals surface area (Å²) in [5, 5.41) is 3.63. The maximum Gasteiger partial charge on any atom is 0.298 e. The topological polar surface area (TPSA) is 60.2 Å². The van der Waals surface area contributed by atoms with Crippen LogP contribution in [0, 0.1) is 18.6 Å². The van der Waals surface area contributed by atoms with E-state index < -0.39 is 38.6 Å². The Morgan fingerprint density at radius 1 is 1.00 bits per heavy atom. The number of aryl methyl sites for hydroxylation is 1. The molecule has 0 unspecified atom stereocenters. The van der Waals surface area contributed by atoms with Gasteiger partial charge in [-0.1, -0.05) is 35.0 Å². The molecule has 1 heterocycles. The van der Waals surface area contributed by atoms with Gasteiger partial charge in [-0.25, -0.2) is 26.0 Å². The number of hydrogen-bond donors (Lipinski definition) is 0. The summed E-state index contributed by atoms with van der Waals surface area (Å²) in [6.07, 6.45) is -2.44. The van der Waals surface area contributed by atoms with E-state index in [4.69, 9.17) is 4.52 Å². The van der Waals surface area contributed by atoms with E-state index in [1.165, 1.54) is 0 Å². The summed E-state index contributed by atoms with van der Waals surface area (Å²) in [5.41, 5.74) is 0.680. The molecule has 0 N–H and O–H groups in total. The Morgan fingerprint density at radius 2 is 1.56 bits per heavy atom. The minimum atomic E-state index is -4.18. The molecule has 27 heavy (non-hydrogen) atoms.